The van der Waals surface area contributed by atoms with E-state index in [1.807, 2.05) is 6.26 Å². The molecule has 0 fully saturated rings. The fourth-order valence-corrected chi connectivity index (χ4v) is 2.53. The summed E-state index contributed by atoms with van der Waals surface area (Å²) in [4.78, 5) is 15.8. The van der Waals surface area contributed by atoms with Gasteiger partial charge in [0.05, 0.1) is 23.8 Å². The lowest BCUT2D eigenvalue weighted by Crippen LogP contribution is -2.23. The van der Waals surface area contributed by atoms with Gasteiger partial charge in [-0.25, -0.2) is 4.68 Å². The number of halogens is 3. The van der Waals surface area contributed by atoms with Crippen LogP contribution in [-0.2, 0) is 11.0 Å². The van der Waals surface area contributed by atoms with E-state index in [4.69, 9.17) is 0 Å². The zero-order valence-corrected chi connectivity index (χ0v) is 13.3. The van der Waals surface area contributed by atoms with Gasteiger partial charge in [0.15, 0.2) is 5.69 Å². The summed E-state index contributed by atoms with van der Waals surface area (Å²) in [5.74, 6) is -0.368. The second-order valence-corrected chi connectivity index (χ2v) is 5.80. The number of nitrogens with zero attached hydrogens (tertiary/aromatic N) is 3. The molecule has 9 heteroatoms. The zero-order valence-electron chi connectivity index (χ0n) is 12.5. The van der Waals surface area contributed by atoms with Gasteiger partial charge in [-0.15, -0.1) is 0 Å². The van der Waals surface area contributed by atoms with Gasteiger partial charge in [-0.2, -0.15) is 30.0 Å². The molecule has 1 amide bonds. The van der Waals surface area contributed by atoms with Crippen LogP contribution < -0.4 is 5.32 Å². The molecule has 5 nitrogen and oxygen atoms in total. The van der Waals surface area contributed by atoms with E-state index >= 15 is 0 Å². The maximum absolute atomic E-state index is 13.1. The van der Waals surface area contributed by atoms with E-state index in [0.717, 1.165) is 10.9 Å². The second-order valence-electron chi connectivity index (χ2n) is 4.89. The van der Waals surface area contributed by atoms with Crippen molar-refractivity contribution < 1.29 is 18.0 Å². The molecule has 0 aliphatic carbocycles. The number of alkyl halides is 3. The van der Waals surface area contributed by atoms with Crippen molar-refractivity contribution in [3.8, 4) is 5.69 Å². The Hall–Kier alpha value is -2.03. The van der Waals surface area contributed by atoms with Crippen molar-refractivity contribution in [1.82, 2.24) is 14.8 Å². The first-order chi connectivity index (χ1) is 10.8. The number of rotatable bonds is 5. The van der Waals surface area contributed by atoms with Crippen LogP contribution in [0, 0.1) is 5.92 Å². The average Bonchev–Trinajstić information content (AvgIpc) is 2.92. The Morgan fingerprint density at radius 2 is 2.22 bits per heavy atom. The van der Waals surface area contributed by atoms with E-state index in [9.17, 15) is 18.0 Å². The van der Waals surface area contributed by atoms with Crippen LogP contribution in [0.1, 0.15) is 12.6 Å². The SMILES string of the molecule is CSCC(C)C(=O)Nc1cn(-c2cccnc2)nc1C(F)(F)F. The molecule has 2 heterocycles. The van der Waals surface area contributed by atoms with E-state index in [1.165, 1.54) is 24.2 Å². The Labute approximate surface area is 135 Å². The predicted molar refractivity (Wildman–Crippen MR) is 82.5 cm³/mol. The topological polar surface area (TPSA) is 59.8 Å². The third kappa shape index (κ3) is 4.25. The van der Waals surface area contributed by atoms with Crippen molar-refractivity contribution in [2.24, 2.45) is 5.92 Å². The largest absolute Gasteiger partial charge is 0.437 e. The Morgan fingerprint density at radius 1 is 1.48 bits per heavy atom. The summed E-state index contributed by atoms with van der Waals surface area (Å²) >= 11 is 1.45. The average molecular weight is 344 g/mol. The van der Waals surface area contributed by atoms with E-state index in [2.05, 4.69) is 15.4 Å². The summed E-state index contributed by atoms with van der Waals surface area (Å²) < 4.78 is 40.4. The summed E-state index contributed by atoms with van der Waals surface area (Å²) in [6, 6.07) is 3.16. The number of pyridine rings is 1. The summed E-state index contributed by atoms with van der Waals surface area (Å²) in [7, 11) is 0. The van der Waals surface area contributed by atoms with Crippen LogP contribution >= 0.6 is 11.8 Å². The molecule has 0 radical (unpaired) electrons. The molecule has 2 rings (SSSR count). The van der Waals surface area contributed by atoms with Crippen molar-refractivity contribution in [2.75, 3.05) is 17.3 Å². The number of amides is 1. The van der Waals surface area contributed by atoms with Gasteiger partial charge in [0.25, 0.3) is 0 Å². The quantitative estimate of drug-likeness (QED) is 0.905. The Bertz CT molecular complexity index is 672. The van der Waals surface area contributed by atoms with Gasteiger partial charge >= 0.3 is 6.18 Å². The highest BCUT2D eigenvalue weighted by Crippen LogP contribution is 2.34. The maximum atomic E-state index is 13.1. The van der Waals surface area contributed by atoms with Crippen molar-refractivity contribution in [1.29, 1.82) is 0 Å². The molecule has 1 unspecified atom stereocenters. The molecular weight excluding hydrogens is 329 g/mol. The molecule has 124 valence electrons. The van der Waals surface area contributed by atoms with Gasteiger partial charge in [0.1, 0.15) is 0 Å². The van der Waals surface area contributed by atoms with Gasteiger partial charge in [-0.3, -0.25) is 9.78 Å². The van der Waals surface area contributed by atoms with Crippen molar-refractivity contribution in [3.05, 3.63) is 36.4 Å². The molecular formula is C14H15F3N4OS. The summed E-state index contributed by atoms with van der Waals surface area (Å²) in [5, 5.41) is 5.86. The minimum Gasteiger partial charge on any atom is -0.323 e. The molecule has 1 atom stereocenters. The molecule has 1 N–H and O–H groups in total. The van der Waals surface area contributed by atoms with Crippen molar-refractivity contribution in [3.63, 3.8) is 0 Å². The highest BCUT2D eigenvalue weighted by Gasteiger charge is 2.38. The third-order valence-electron chi connectivity index (χ3n) is 3.02. The van der Waals surface area contributed by atoms with Gasteiger partial charge in [0.2, 0.25) is 5.91 Å². The smallest absolute Gasteiger partial charge is 0.323 e. The highest BCUT2D eigenvalue weighted by molar-refractivity contribution is 7.98. The maximum Gasteiger partial charge on any atom is 0.437 e. The molecule has 0 bridgehead atoms. The number of nitrogens with one attached hydrogen (secondary N) is 1. The molecule has 2 aromatic rings. The highest BCUT2D eigenvalue weighted by atomic mass is 32.2. The van der Waals surface area contributed by atoms with Crippen LogP contribution in [0.4, 0.5) is 18.9 Å². The van der Waals surface area contributed by atoms with Crippen LogP contribution in [-0.4, -0.2) is 32.7 Å². The first-order valence-electron chi connectivity index (χ1n) is 6.70. The normalized spacial score (nSPS) is 12.9. The molecule has 23 heavy (non-hydrogen) atoms. The Morgan fingerprint density at radius 3 is 2.78 bits per heavy atom. The second kappa shape index (κ2) is 7.03. The molecule has 0 saturated heterocycles. The fourth-order valence-electron chi connectivity index (χ4n) is 1.88. The van der Waals surface area contributed by atoms with Crippen molar-refractivity contribution in [2.45, 2.75) is 13.1 Å². The number of thioether (sulfide) groups is 1. The van der Waals surface area contributed by atoms with Gasteiger partial charge in [-0.1, -0.05) is 6.92 Å². The number of carbonyl (C=O) groups excluding carboxylic acids is 1. The van der Waals surface area contributed by atoms with Crippen LogP contribution in [0.15, 0.2) is 30.7 Å². The number of hydrogen-bond donors (Lipinski definition) is 1. The lowest BCUT2D eigenvalue weighted by atomic mass is 10.2. The molecule has 0 saturated carbocycles. The van der Waals surface area contributed by atoms with Crippen LogP contribution in [0.2, 0.25) is 0 Å². The van der Waals surface area contributed by atoms with Crippen LogP contribution in [0.25, 0.3) is 5.69 Å². The first-order valence-corrected chi connectivity index (χ1v) is 8.09. The molecule has 0 aromatic carbocycles. The number of carbonyl (C=O) groups is 1. The Kier molecular flexibility index (Phi) is 5.30. The van der Waals surface area contributed by atoms with Gasteiger partial charge < -0.3 is 5.32 Å². The molecule has 0 aliphatic heterocycles. The summed E-state index contributed by atoms with van der Waals surface area (Å²) in [6.45, 7) is 1.66. The van der Waals surface area contributed by atoms with E-state index in [-0.39, 0.29) is 5.69 Å². The van der Waals surface area contributed by atoms with E-state index in [1.54, 1.807) is 19.1 Å². The van der Waals surface area contributed by atoms with Crippen molar-refractivity contribution >= 4 is 23.4 Å². The lowest BCUT2D eigenvalue weighted by molar-refractivity contribution is -0.140. The number of aromatic nitrogens is 3. The molecule has 0 spiro atoms. The monoisotopic (exact) mass is 344 g/mol. The minimum atomic E-state index is -4.67. The predicted octanol–water partition coefficient (Wildman–Crippen LogP) is 3.22. The molecule has 0 aliphatic rings. The molecule has 2 aromatic heterocycles. The van der Waals surface area contributed by atoms with Crippen LogP contribution in [0.3, 0.4) is 0 Å². The first kappa shape index (κ1) is 17.3. The zero-order chi connectivity index (χ0) is 17.0. The van der Waals surface area contributed by atoms with Gasteiger partial charge in [0, 0.05) is 17.9 Å². The fraction of sp³-hybridized carbons (Fsp3) is 0.357. The standard InChI is InChI=1S/C14H15F3N4OS/c1-9(8-23-2)13(22)19-11-7-21(10-4-3-5-18-6-10)20-12(11)14(15,16)17/h3-7,9H,8H2,1-2H3,(H,19,22). The minimum absolute atomic E-state index is 0.362. The number of anilines is 1. The third-order valence-corrected chi connectivity index (χ3v) is 3.85. The van der Waals surface area contributed by atoms with E-state index in [0.29, 0.717) is 11.4 Å². The van der Waals surface area contributed by atoms with Gasteiger partial charge in [-0.05, 0) is 18.4 Å². The summed E-state index contributed by atoms with van der Waals surface area (Å²) in [6.07, 6.45) is 1.19. The lowest BCUT2D eigenvalue weighted by Gasteiger charge is -2.11. The summed E-state index contributed by atoms with van der Waals surface area (Å²) in [5.41, 5.74) is -1.12. The number of hydrogen-bond acceptors (Lipinski definition) is 4. The Balaban J connectivity index is 2.34. The van der Waals surface area contributed by atoms with E-state index < -0.39 is 23.7 Å². The van der Waals surface area contributed by atoms with Crippen LogP contribution in [0.5, 0.6) is 0 Å².